The fourth-order valence-electron chi connectivity index (χ4n) is 3.05. The maximum absolute atomic E-state index is 14.5. The Morgan fingerprint density at radius 1 is 1.38 bits per heavy atom. The quantitative estimate of drug-likeness (QED) is 0.752. The number of likely N-dealkylation sites (N-methyl/N-ethyl adjacent to an activating group) is 1. The molecule has 3 rings (SSSR count). The number of halogens is 1. The van der Waals surface area contributed by atoms with Crippen LogP contribution in [0.2, 0.25) is 0 Å². The zero-order valence-corrected chi connectivity index (χ0v) is 15.2. The SMILES string of the molecule is C/C(=C(/N=N)c1nc(C2=CCCC=C2)no1)N(C)C1(C)CC=CC=C1F. The Morgan fingerprint density at radius 3 is 2.85 bits per heavy atom. The third-order valence-corrected chi connectivity index (χ3v) is 4.99. The van der Waals surface area contributed by atoms with Crippen LogP contribution >= 0.6 is 0 Å². The van der Waals surface area contributed by atoms with E-state index in [9.17, 15) is 4.39 Å². The summed E-state index contributed by atoms with van der Waals surface area (Å²) < 4.78 is 19.8. The number of hydrogen-bond acceptors (Lipinski definition) is 6. The van der Waals surface area contributed by atoms with Crippen molar-refractivity contribution in [1.82, 2.24) is 15.0 Å². The van der Waals surface area contributed by atoms with Crippen LogP contribution in [0.15, 0.2) is 57.6 Å². The second-order valence-electron chi connectivity index (χ2n) is 6.59. The summed E-state index contributed by atoms with van der Waals surface area (Å²) in [7, 11) is 1.77. The highest BCUT2D eigenvalue weighted by molar-refractivity contribution is 5.71. The van der Waals surface area contributed by atoms with Crippen molar-refractivity contribution in [3.63, 3.8) is 0 Å². The second-order valence-corrected chi connectivity index (χ2v) is 6.59. The Labute approximate surface area is 152 Å². The maximum atomic E-state index is 14.5. The second kappa shape index (κ2) is 7.19. The molecule has 1 atom stereocenters. The fraction of sp³-hybridized carbons (Fsp3) is 0.368. The van der Waals surface area contributed by atoms with Crippen LogP contribution < -0.4 is 0 Å². The van der Waals surface area contributed by atoms with Crippen LogP contribution in [0.25, 0.3) is 11.3 Å². The number of hydrogen-bond donors (Lipinski definition) is 1. The first kappa shape index (κ1) is 18.0. The van der Waals surface area contributed by atoms with Gasteiger partial charge in [-0.1, -0.05) is 35.5 Å². The normalized spacial score (nSPS) is 23.2. The van der Waals surface area contributed by atoms with Crippen LogP contribution in [-0.2, 0) is 0 Å². The van der Waals surface area contributed by atoms with Gasteiger partial charge in [0.2, 0.25) is 5.82 Å². The van der Waals surface area contributed by atoms with E-state index in [2.05, 4.69) is 21.3 Å². The zero-order chi connectivity index (χ0) is 18.7. The lowest BCUT2D eigenvalue weighted by atomic mass is 9.90. The minimum absolute atomic E-state index is 0.151. The predicted octanol–water partition coefficient (Wildman–Crippen LogP) is 5.03. The van der Waals surface area contributed by atoms with Crippen LogP contribution in [0.5, 0.6) is 0 Å². The number of rotatable bonds is 5. The molecule has 136 valence electrons. The molecule has 1 heterocycles. The first-order chi connectivity index (χ1) is 12.5. The largest absolute Gasteiger partial charge is 0.364 e. The zero-order valence-electron chi connectivity index (χ0n) is 15.2. The molecule has 0 amide bonds. The summed E-state index contributed by atoms with van der Waals surface area (Å²) in [5.41, 5.74) is 8.43. The van der Waals surface area contributed by atoms with Gasteiger partial charge in [-0.05, 0) is 39.2 Å². The molecule has 1 aromatic rings. The van der Waals surface area contributed by atoms with Gasteiger partial charge >= 0.3 is 0 Å². The molecule has 1 aromatic heterocycles. The van der Waals surface area contributed by atoms with Crippen LogP contribution in [0.3, 0.4) is 0 Å². The molecular formula is C19H22FN5O. The van der Waals surface area contributed by atoms with Gasteiger partial charge in [-0.2, -0.15) is 10.1 Å². The van der Waals surface area contributed by atoms with E-state index in [0.29, 0.717) is 17.9 Å². The number of allylic oxidation sites excluding steroid dienone is 7. The Bertz CT molecular complexity index is 861. The Hall–Kier alpha value is -2.83. The summed E-state index contributed by atoms with van der Waals surface area (Å²) in [6.45, 7) is 3.58. The van der Waals surface area contributed by atoms with Crippen LogP contribution in [0.4, 0.5) is 4.39 Å². The molecule has 2 aliphatic carbocycles. The van der Waals surface area contributed by atoms with Crippen molar-refractivity contribution < 1.29 is 8.91 Å². The van der Waals surface area contributed by atoms with Gasteiger partial charge in [-0.25, -0.2) is 9.92 Å². The number of nitrogens with zero attached hydrogens (tertiary/aromatic N) is 4. The third kappa shape index (κ3) is 3.16. The topological polar surface area (TPSA) is 78.4 Å². The van der Waals surface area contributed by atoms with Gasteiger partial charge in [0.15, 0.2) is 5.70 Å². The lowest BCUT2D eigenvalue weighted by Gasteiger charge is -2.40. The van der Waals surface area contributed by atoms with Gasteiger partial charge in [0, 0.05) is 18.3 Å². The summed E-state index contributed by atoms with van der Waals surface area (Å²) in [4.78, 5) is 6.14. The first-order valence-electron chi connectivity index (χ1n) is 8.53. The van der Waals surface area contributed by atoms with Gasteiger partial charge in [-0.15, -0.1) is 0 Å². The van der Waals surface area contributed by atoms with E-state index in [0.717, 1.165) is 18.4 Å². The van der Waals surface area contributed by atoms with Crippen molar-refractivity contribution in [2.24, 2.45) is 5.11 Å². The van der Waals surface area contributed by atoms with Gasteiger partial charge in [0.05, 0.1) is 5.54 Å². The minimum Gasteiger partial charge on any atom is -0.364 e. The lowest BCUT2D eigenvalue weighted by Crippen LogP contribution is -2.44. The molecule has 1 unspecified atom stereocenters. The Balaban J connectivity index is 1.94. The minimum atomic E-state index is -0.841. The summed E-state index contributed by atoms with van der Waals surface area (Å²) >= 11 is 0. The van der Waals surface area contributed by atoms with Crippen LogP contribution in [0, 0.1) is 5.53 Å². The standard InChI is InChI=1S/C19H22FN5O/c1-13(25(3)19(2)12-8-7-11-15(19)20)16(23-21)18-22-17(24-26-18)14-9-5-4-6-10-14/h5,7-11,21H,4,6,12H2,1-3H3/b16-13-,23-21?. The Kier molecular flexibility index (Phi) is 4.97. The third-order valence-electron chi connectivity index (χ3n) is 4.99. The molecular weight excluding hydrogens is 333 g/mol. The number of nitrogens with one attached hydrogen (secondary N) is 1. The molecule has 0 fully saturated rings. The average Bonchev–Trinajstić information content (AvgIpc) is 3.14. The molecule has 6 nitrogen and oxygen atoms in total. The highest BCUT2D eigenvalue weighted by Crippen LogP contribution is 2.36. The summed E-state index contributed by atoms with van der Waals surface area (Å²) in [5.74, 6) is 0.374. The van der Waals surface area contributed by atoms with Crippen molar-refractivity contribution in [2.75, 3.05) is 7.05 Å². The van der Waals surface area contributed by atoms with Crippen molar-refractivity contribution in [3.8, 4) is 0 Å². The van der Waals surface area contributed by atoms with Crippen LogP contribution in [0.1, 0.15) is 44.8 Å². The maximum Gasteiger partial charge on any atom is 0.280 e. The molecule has 1 N–H and O–H groups in total. The average molecular weight is 355 g/mol. The lowest BCUT2D eigenvalue weighted by molar-refractivity contribution is 0.190. The number of aromatic nitrogens is 2. The molecule has 0 aliphatic heterocycles. The van der Waals surface area contributed by atoms with Crippen molar-refractivity contribution in [3.05, 3.63) is 59.7 Å². The first-order valence-corrected chi connectivity index (χ1v) is 8.53. The van der Waals surface area contributed by atoms with Crippen molar-refractivity contribution in [1.29, 1.82) is 5.53 Å². The van der Waals surface area contributed by atoms with Crippen LogP contribution in [-0.4, -0.2) is 27.6 Å². The van der Waals surface area contributed by atoms with E-state index < -0.39 is 5.54 Å². The van der Waals surface area contributed by atoms with E-state index in [1.165, 1.54) is 6.08 Å². The van der Waals surface area contributed by atoms with Crippen molar-refractivity contribution >= 4 is 11.3 Å². The van der Waals surface area contributed by atoms with E-state index in [-0.39, 0.29) is 17.4 Å². The van der Waals surface area contributed by atoms with Crippen molar-refractivity contribution in [2.45, 2.75) is 38.6 Å². The van der Waals surface area contributed by atoms with E-state index >= 15 is 0 Å². The summed E-state index contributed by atoms with van der Waals surface area (Å²) in [6, 6.07) is 0. The molecule has 0 saturated heterocycles. The summed E-state index contributed by atoms with van der Waals surface area (Å²) in [5, 5.41) is 7.58. The Morgan fingerprint density at radius 2 is 2.19 bits per heavy atom. The van der Waals surface area contributed by atoms with Gasteiger partial charge in [-0.3, -0.25) is 0 Å². The van der Waals surface area contributed by atoms with Gasteiger partial charge in [0.25, 0.3) is 5.89 Å². The van der Waals surface area contributed by atoms with E-state index in [4.69, 9.17) is 10.1 Å². The van der Waals surface area contributed by atoms with Gasteiger partial charge in [0.1, 0.15) is 5.83 Å². The van der Waals surface area contributed by atoms with E-state index in [1.54, 1.807) is 24.9 Å². The highest BCUT2D eigenvalue weighted by atomic mass is 19.1. The fourth-order valence-corrected chi connectivity index (χ4v) is 3.05. The molecule has 26 heavy (non-hydrogen) atoms. The molecule has 0 aromatic carbocycles. The molecule has 0 spiro atoms. The molecule has 0 saturated carbocycles. The smallest absolute Gasteiger partial charge is 0.280 e. The molecule has 2 aliphatic rings. The summed E-state index contributed by atoms with van der Waals surface area (Å²) in [6.07, 6.45) is 13.6. The molecule has 0 bridgehead atoms. The predicted molar refractivity (Wildman–Crippen MR) is 97.5 cm³/mol. The van der Waals surface area contributed by atoms with E-state index in [1.807, 2.05) is 25.2 Å². The molecule has 0 radical (unpaired) electrons. The highest BCUT2D eigenvalue weighted by Gasteiger charge is 2.36. The van der Waals surface area contributed by atoms with Gasteiger partial charge < -0.3 is 9.42 Å². The monoisotopic (exact) mass is 355 g/mol. The molecule has 7 heteroatoms.